The summed E-state index contributed by atoms with van der Waals surface area (Å²) in [6, 6.07) is 15.6. The van der Waals surface area contributed by atoms with Crippen molar-refractivity contribution in [3.05, 3.63) is 93.5 Å². The highest BCUT2D eigenvalue weighted by molar-refractivity contribution is 6.34. The molecule has 0 aliphatic rings. The number of phenols is 1. The smallest absolute Gasteiger partial charge is 0.408 e. The van der Waals surface area contributed by atoms with E-state index >= 15 is 0 Å². The second-order valence-corrected chi connectivity index (χ2v) is 13.6. The average Bonchev–Trinajstić information content (AvgIpc) is 2.99. The van der Waals surface area contributed by atoms with Crippen molar-refractivity contribution >= 4 is 35.2 Å². The number of aryl methyl sites for hydroxylation is 3. The van der Waals surface area contributed by atoms with Gasteiger partial charge in [0, 0.05) is 13.0 Å². The van der Waals surface area contributed by atoms with E-state index in [2.05, 4.69) is 17.6 Å². The monoisotopic (exact) mass is 663 g/mol. The molecule has 47 heavy (non-hydrogen) atoms. The molecule has 8 nitrogen and oxygen atoms in total. The fourth-order valence-electron chi connectivity index (χ4n) is 5.64. The molecule has 3 amide bonds. The maximum atomic E-state index is 14.9. The lowest BCUT2D eigenvalue weighted by Gasteiger charge is -2.36. The number of para-hydroxylation sites is 1. The minimum Gasteiger partial charge on any atom is -0.508 e. The number of nitrogens with one attached hydrogen (secondary N) is 2. The van der Waals surface area contributed by atoms with Crippen molar-refractivity contribution in [1.82, 2.24) is 10.2 Å². The van der Waals surface area contributed by atoms with Crippen LogP contribution in [0.15, 0.2) is 60.7 Å². The van der Waals surface area contributed by atoms with Crippen LogP contribution in [-0.2, 0) is 20.7 Å². The number of phenolic OH excluding ortho intramolecular Hbond substituents is 1. The number of halogens is 1. The number of hydrogen-bond acceptors (Lipinski definition) is 5. The Morgan fingerprint density at radius 3 is 2.06 bits per heavy atom. The number of hydrogen-bond donors (Lipinski definition) is 3. The number of amides is 3. The first-order chi connectivity index (χ1) is 22.2. The molecular weight excluding hydrogens is 614 g/mol. The zero-order valence-electron chi connectivity index (χ0n) is 28.8. The van der Waals surface area contributed by atoms with Gasteiger partial charge in [-0.3, -0.25) is 9.59 Å². The molecule has 3 aromatic carbocycles. The fraction of sp³-hybridized carbons (Fsp3) is 0.447. The van der Waals surface area contributed by atoms with Gasteiger partial charge < -0.3 is 25.4 Å². The van der Waals surface area contributed by atoms with Crippen molar-refractivity contribution in [2.24, 2.45) is 0 Å². The number of benzene rings is 3. The maximum absolute atomic E-state index is 14.9. The molecule has 0 fully saturated rings. The van der Waals surface area contributed by atoms with E-state index in [9.17, 15) is 19.5 Å². The maximum Gasteiger partial charge on any atom is 0.408 e. The summed E-state index contributed by atoms with van der Waals surface area (Å²) in [5.41, 5.74) is 3.65. The molecule has 3 rings (SSSR count). The largest absolute Gasteiger partial charge is 0.508 e. The molecular formula is C38H50ClN3O5. The second-order valence-electron chi connectivity index (χ2n) is 13.1. The topological polar surface area (TPSA) is 108 Å². The van der Waals surface area contributed by atoms with Crippen molar-refractivity contribution in [2.45, 2.75) is 105 Å². The van der Waals surface area contributed by atoms with Crippen LogP contribution in [0.5, 0.6) is 5.75 Å². The molecule has 0 saturated heterocycles. The van der Waals surface area contributed by atoms with E-state index in [1.807, 2.05) is 51.1 Å². The van der Waals surface area contributed by atoms with E-state index in [0.717, 1.165) is 53.5 Å². The van der Waals surface area contributed by atoms with E-state index in [1.54, 1.807) is 43.9 Å². The summed E-state index contributed by atoms with van der Waals surface area (Å²) in [6.07, 6.45) is 4.08. The van der Waals surface area contributed by atoms with Gasteiger partial charge in [-0.25, -0.2) is 4.79 Å². The number of rotatable bonds is 14. The molecule has 0 spiro atoms. The quantitative estimate of drug-likeness (QED) is 0.150. The summed E-state index contributed by atoms with van der Waals surface area (Å²) >= 11 is 6.55. The van der Waals surface area contributed by atoms with Crippen LogP contribution in [0.4, 0.5) is 10.5 Å². The van der Waals surface area contributed by atoms with E-state index < -0.39 is 35.6 Å². The molecule has 2 atom stereocenters. The normalized spacial score (nSPS) is 12.6. The fourth-order valence-corrected chi connectivity index (χ4v) is 5.91. The molecule has 0 bridgehead atoms. The lowest BCUT2D eigenvalue weighted by molar-refractivity contribution is -0.141. The van der Waals surface area contributed by atoms with Crippen LogP contribution in [0.25, 0.3) is 0 Å². The number of carbonyl (C=O) groups is 3. The summed E-state index contributed by atoms with van der Waals surface area (Å²) in [6.45, 7) is 13.4. The van der Waals surface area contributed by atoms with Crippen LogP contribution in [0.3, 0.4) is 0 Å². The minimum atomic E-state index is -1.06. The molecule has 0 saturated carbocycles. The van der Waals surface area contributed by atoms with Crippen LogP contribution in [0, 0.1) is 20.8 Å². The molecule has 0 aromatic heterocycles. The van der Waals surface area contributed by atoms with Crippen molar-refractivity contribution in [3.63, 3.8) is 0 Å². The third kappa shape index (κ3) is 11.0. The van der Waals surface area contributed by atoms with E-state index in [0.29, 0.717) is 17.1 Å². The molecule has 0 aliphatic heterocycles. The number of unbranched alkanes of at least 4 members (excludes halogenated alkanes) is 4. The van der Waals surface area contributed by atoms with Crippen molar-refractivity contribution in [2.75, 3.05) is 11.9 Å². The Hall–Kier alpha value is -4.04. The standard InChI is InChI=1S/C38H50ClN3O5/c1-8-9-10-11-12-23-42(36(45)31(40-37(46)47-38(5,6)7)24-28-19-21-29(43)22-20-28)34(32-25(2)15-13-16-26(32)3)35(44)41-33-27(4)17-14-18-30(33)39/h13-22,31,34,43H,8-12,23-24H2,1-7H3,(H,40,46)(H,41,44). The van der Waals surface area contributed by atoms with Gasteiger partial charge in [0.05, 0.1) is 10.7 Å². The summed E-state index contributed by atoms with van der Waals surface area (Å²) in [4.78, 5) is 44.1. The molecule has 9 heteroatoms. The first-order valence-corrected chi connectivity index (χ1v) is 16.8. The third-order valence-electron chi connectivity index (χ3n) is 8.00. The number of nitrogens with zero attached hydrogens (tertiary/aromatic N) is 1. The molecule has 3 N–H and O–H groups in total. The second kappa shape index (κ2) is 17.2. The summed E-state index contributed by atoms with van der Waals surface area (Å²) in [5.74, 6) is -0.730. The summed E-state index contributed by atoms with van der Waals surface area (Å²) < 4.78 is 5.56. The Labute approximate surface area is 284 Å². The van der Waals surface area contributed by atoms with Crippen LogP contribution < -0.4 is 10.6 Å². The van der Waals surface area contributed by atoms with Gasteiger partial charge in [-0.15, -0.1) is 0 Å². The minimum absolute atomic E-state index is 0.0899. The van der Waals surface area contributed by atoms with Gasteiger partial charge >= 0.3 is 6.09 Å². The van der Waals surface area contributed by atoms with Crippen LogP contribution in [-0.4, -0.2) is 46.1 Å². The molecule has 254 valence electrons. The van der Waals surface area contributed by atoms with Crippen LogP contribution >= 0.6 is 11.6 Å². The summed E-state index contributed by atoms with van der Waals surface area (Å²) in [7, 11) is 0. The third-order valence-corrected chi connectivity index (χ3v) is 8.31. The van der Waals surface area contributed by atoms with Gasteiger partial charge in [0.1, 0.15) is 23.4 Å². The van der Waals surface area contributed by atoms with Gasteiger partial charge in [-0.2, -0.15) is 0 Å². The van der Waals surface area contributed by atoms with Crippen molar-refractivity contribution < 1.29 is 24.2 Å². The van der Waals surface area contributed by atoms with Crippen LogP contribution in [0.1, 0.15) is 93.7 Å². The Morgan fingerprint density at radius 2 is 1.47 bits per heavy atom. The Kier molecular flexibility index (Phi) is 13.7. The number of alkyl carbamates (subject to hydrolysis) is 1. The predicted octanol–water partition coefficient (Wildman–Crippen LogP) is 8.59. The molecule has 0 heterocycles. The number of ether oxygens (including phenoxy) is 1. The Balaban J connectivity index is 2.15. The summed E-state index contributed by atoms with van der Waals surface area (Å²) in [5, 5.41) is 16.1. The number of aromatic hydroxyl groups is 1. The molecule has 2 unspecified atom stereocenters. The number of anilines is 1. The molecule has 0 radical (unpaired) electrons. The van der Waals surface area contributed by atoms with Gasteiger partial charge in [-0.05, 0) is 94.0 Å². The van der Waals surface area contributed by atoms with Crippen molar-refractivity contribution in [1.29, 1.82) is 0 Å². The van der Waals surface area contributed by atoms with E-state index in [4.69, 9.17) is 16.3 Å². The zero-order valence-corrected chi connectivity index (χ0v) is 29.5. The lowest BCUT2D eigenvalue weighted by Crippen LogP contribution is -2.53. The number of carbonyl (C=O) groups excluding carboxylic acids is 3. The molecule has 0 aliphatic carbocycles. The Morgan fingerprint density at radius 1 is 0.872 bits per heavy atom. The first kappa shape index (κ1) is 37.4. The van der Waals surface area contributed by atoms with Gasteiger partial charge in [0.15, 0.2) is 0 Å². The van der Waals surface area contributed by atoms with Gasteiger partial charge in [-0.1, -0.05) is 86.7 Å². The van der Waals surface area contributed by atoms with Gasteiger partial charge in [0.25, 0.3) is 5.91 Å². The lowest BCUT2D eigenvalue weighted by atomic mass is 9.92. The highest BCUT2D eigenvalue weighted by Gasteiger charge is 2.38. The highest BCUT2D eigenvalue weighted by atomic mass is 35.5. The van der Waals surface area contributed by atoms with Crippen molar-refractivity contribution in [3.8, 4) is 5.75 Å². The SMILES string of the molecule is CCCCCCCN(C(=O)C(Cc1ccc(O)cc1)NC(=O)OC(C)(C)C)C(C(=O)Nc1c(C)cccc1Cl)c1c(C)cccc1C. The zero-order chi connectivity index (χ0) is 34.7. The van der Waals surface area contributed by atoms with Crippen LogP contribution in [0.2, 0.25) is 5.02 Å². The van der Waals surface area contributed by atoms with Gasteiger partial charge in [0.2, 0.25) is 5.91 Å². The van der Waals surface area contributed by atoms with E-state index in [1.165, 1.54) is 12.1 Å². The Bertz CT molecular complexity index is 1480. The highest BCUT2D eigenvalue weighted by Crippen LogP contribution is 2.33. The van der Waals surface area contributed by atoms with E-state index in [-0.39, 0.29) is 18.7 Å². The first-order valence-electron chi connectivity index (χ1n) is 16.4. The molecule has 3 aromatic rings. The average molecular weight is 664 g/mol. The predicted molar refractivity (Wildman–Crippen MR) is 189 cm³/mol.